The average molecular weight is 574 g/mol. The summed E-state index contributed by atoms with van der Waals surface area (Å²) in [6.45, 7) is 25.9. The molecule has 1 heterocycles. The molecule has 3 aromatic carbocycles. The molecule has 42 heavy (non-hydrogen) atoms. The molecule has 1 N–H and O–H groups in total. The Morgan fingerprint density at radius 2 is 1.31 bits per heavy atom. The number of anilines is 1. The van der Waals surface area contributed by atoms with Gasteiger partial charge in [-0.15, -0.1) is 0 Å². The number of nitrogens with zero attached hydrogens (tertiary/aromatic N) is 1. The number of aryl methyl sites for hydroxylation is 1. The average Bonchev–Trinajstić information content (AvgIpc) is 3.06. The summed E-state index contributed by atoms with van der Waals surface area (Å²) in [7, 11) is 0. The van der Waals surface area contributed by atoms with Crippen LogP contribution in [0.4, 0.5) is 5.69 Å². The van der Waals surface area contributed by atoms with Crippen LogP contribution in [0.5, 0.6) is 5.75 Å². The molecule has 0 spiro atoms. The van der Waals surface area contributed by atoms with Gasteiger partial charge in [-0.25, -0.2) is 0 Å². The van der Waals surface area contributed by atoms with Gasteiger partial charge in [0.25, 0.3) is 0 Å². The van der Waals surface area contributed by atoms with Crippen molar-refractivity contribution in [1.29, 1.82) is 0 Å². The SMILES string of the molecule is C=C(C)CO.CC.CC.CC/C=C\CC.CCc1ccc(C(C)(C)c2ccc(N3COc4ccccc4C3)cc2)cc1. The predicted molar refractivity (Wildman–Crippen MR) is 187 cm³/mol. The number of benzene rings is 3. The molecule has 0 saturated carbocycles. The molecule has 0 amide bonds. The number of ether oxygens (including phenoxy) is 1. The number of aliphatic hydroxyl groups excluding tert-OH is 1. The number of aliphatic hydroxyl groups is 1. The summed E-state index contributed by atoms with van der Waals surface area (Å²) < 4.78 is 5.91. The lowest BCUT2D eigenvalue weighted by Crippen LogP contribution is -2.31. The molecule has 0 aromatic heterocycles. The summed E-state index contributed by atoms with van der Waals surface area (Å²) in [5.41, 5.74) is 7.29. The highest BCUT2D eigenvalue weighted by Crippen LogP contribution is 2.34. The molecule has 0 atom stereocenters. The Hall–Kier alpha value is -3.30. The molecule has 0 saturated heterocycles. The van der Waals surface area contributed by atoms with Crippen molar-refractivity contribution in [2.45, 2.75) is 100 Å². The van der Waals surface area contributed by atoms with E-state index in [-0.39, 0.29) is 12.0 Å². The van der Waals surface area contributed by atoms with Crippen LogP contribution in [0, 0.1) is 0 Å². The normalized spacial score (nSPS) is 11.5. The van der Waals surface area contributed by atoms with Gasteiger partial charge >= 0.3 is 0 Å². The number of para-hydroxylation sites is 1. The molecule has 1 aliphatic heterocycles. The molecule has 0 fully saturated rings. The van der Waals surface area contributed by atoms with Gasteiger partial charge in [-0.1, -0.05) is 141 Å². The van der Waals surface area contributed by atoms with E-state index < -0.39 is 0 Å². The maximum absolute atomic E-state index is 8.04. The van der Waals surface area contributed by atoms with E-state index in [1.807, 2.05) is 39.8 Å². The molecule has 4 rings (SSSR count). The van der Waals surface area contributed by atoms with Crippen LogP contribution in [0.2, 0.25) is 0 Å². The summed E-state index contributed by atoms with van der Waals surface area (Å²) >= 11 is 0. The largest absolute Gasteiger partial charge is 0.473 e. The van der Waals surface area contributed by atoms with E-state index in [1.54, 1.807) is 6.92 Å². The zero-order chi connectivity index (χ0) is 32.0. The molecule has 3 nitrogen and oxygen atoms in total. The van der Waals surface area contributed by atoms with Crippen molar-refractivity contribution in [3.8, 4) is 5.75 Å². The predicted octanol–water partition coefficient (Wildman–Crippen LogP) is 10.9. The molecule has 0 aliphatic carbocycles. The number of hydrogen-bond donors (Lipinski definition) is 1. The van der Waals surface area contributed by atoms with E-state index in [0.29, 0.717) is 6.73 Å². The Bertz CT molecular complexity index is 1120. The Labute approximate surface area is 259 Å². The van der Waals surface area contributed by atoms with Gasteiger partial charge in [-0.05, 0) is 61.1 Å². The minimum absolute atomic E-state index is 0.0181. The van der Waals surface area contributed by atoms with Gasteiger partial charge in [-0.2, -0.15) is 0 Å². The summed E-state index contributed by atoms with van der Waals surface area (Å²) in [5.74, 6) is 1.00. The lowest BCUT2D eigenvalue weighted by Gasteiger charge is -2.32. The van der Waals surface area contributed by atoms with E-state index in [2.05, 4.69) is 119 Å². The van der Waals surface area contributed by atoms with Crippen molar-refractivity contribution < 1.29 is 9.84 Å². The van der Waals surface area contributed by atoms with Gasteiger partial charge in [0.15, 0.2) is 6.73 Å². The first-order chi connectivity index (χ1) is 20.3. The summed E-state index contributed by atoms with van der Waals surface area (Å²) in [6.07, 6.45) is 7.79. The maximum Gasteiger partial charge on any atom is 0.161 e. The Morgan fingerprint density at radius 1 is 0.833 bits per heavy atom. The van der Waals surface area contributed by atoms with Crippen LogP contribution in [0.15, 0.2) is 97.1 Å². The fraction of sp³-hybridized carbons (Fsp3) is 0.436. The van der Waals surface area contributed by atoms with Crippen molar-refractivity contribution in [2.75, 3.05) is 18.2 Å². The van der Waals surface area contributed by atoms with Crippen molar-refractivity contribution in [1.82, 2.24) is 0 Å². The second-order valence-electron chi connectivity index (χ2n) is 10.2. The van der Waals surface area contributed by atoms with Crippen molar-refractivity contribution in [3.63, 3.8) is 0 Å². The molecule has 0 unspecified atom stereocenters. The summed E-state index contributed by atoms with van der Waals surface area (Å²) in [5, 5.41) is 8.04. The third-order valence-corrected chi connectivity index (χ3v) is 6.66. The van der Waals surface area contributed by atoms with Gasteiger partial charge in [-0.3, -0.25) is 0 Å². The van der Waals surface area contributed by atoms with Gasteiger partial charge in [0, 0.05) is 23.2 Å². The number of allylic oxidation sites excluding steroid dienone is 2. The van der Waals surface area contributed by atoms with Crippen molar-refractivity contribution in [3.05, 3.63) is 119 Å². The fourth-order valence-corrected chi connectivity index (χ4v) is 4.09. The molecular formula is C39H59NO2. The molecule has 3 heteroatoms. The van der Waals surface area contributed by atoms with Crippen LogP contribution >= 0.6 is 0 Å². The topological polar surface area (TPSA) is 32.7 Å². The van der Waals surface area contributed by atoms with Crippen LogP contribution in [0.3, 0.4) is 0 Å². The Kier molecular flexibility index (Phi) is 20.6. The van der Waals surface area contributed by atoms with E-state index >= 15 is 0 Å². The van der Waals surface area contributed by atoms with Gasteiger partial charge < -0.3 is 14.7 Å². The smallest absolute Gasteiger partial charge is 0.161 e. The van der Waals surface area contributed by atoms with Gasteiger partial charge in [0.05, 0.1) is 6.61 Å². The monoisotopic (exact) mass is 573 g/mol. The zero-order valence-corrected chi connectivity index (χ0v) is 28.3. The maximum atomic E-state index is 8.04. The quantitative estimate of drug-likeness (QED) is 0.285. The lowest BCUT2D eigenvalue weighted by atomic mass is 9.78. The first-order valence-electron chi connectivity index (χ1n) is 15.8. The summed E-state index contributed by atoms with van der Waals surface area (Å²) in [4.78, 5) is 2.27. The third-order valence-electron chi connectivity index (χ3n) is 6.66. The lowest BCUT2D eigenvalue weighted by molar-refractivity contribution is 0.289. The number of fused-ring (bicyclic) bond motifs is 1. The first kappa shape index (κ1) is 38.7. The van der Waals surface area contributed by atoms with Gasteiger partial charge in [0.2, 0.25) is 0 Å². The molecule has 1 aliphatic rings. The molecule has 3 aromatic rings. The minimum atomic E-state index is -0.0181. The Balaban J connectivity index is 0.000000942. The summed E-state index contributed by atoms with van der Waals surface area (Å²) in [6, 6.07) is 26.2. The second-order valence-corrected chi connectivity index (χ2v) is 10.2. The highest BCUT2D eigenvalue weighted by molar-refractivity contribution is 5.52. The van der Waals surface area contributed by atoms with E-state index in [0.717, 1.165) is 24.3 Å². The van der Waals surface area contributed by atoms with Crippen molar-refractivity contribution >= 4 is 5.69 Å². The highest BCUT2D eigenvalue weighted by Gasteiger charge is 2.24. The molecule has 232 valence electrons. The zero-order valence-electron chi connectivity index (χ0n) is 28.3. The second kappa shape index (κ2) is 22.3. The standard InChI is InChI=1S/C25H27NO.C6H12.C4H8O.2C2H6/c1-4-19-9-11-21(12-10-19)25(2,3)22-13-15-23(16-14-22)26-17-20-7-5-6-8-24(20)27-18-26;1-3-5-6-4-2;1-4(2)3-5;2*1-2/h5-16H,4,17-18H2,1-3H3;5-6H,3-4H2,1-2H3;5H,1,3H2,2H3;2*1-2H3/b;6-5-;;;. The number of hydrogen-bond acceptors (Lipinski definition) is 3. The Morgan fingerprint density at radius 3 is 1.76 bits per heavy atom. The van der Waals surface area contributed by atoms with Crippen LogP contribution in [0.1, 0.15) is 104 Å². The molecule has 0 radical (unpaired) electrons. The fourth-order valence-electron chi connectivity index (χ4n) is 4.09. The van der Waals surface area contributed by atoms with Crippen LogP contribution in [-0.2, 0) is 18.4 Å². The van der Waals surface area contributed by atoms with E-state index in [1.165, 1.54) is 40.8 Å². The van der Waals surface area contributed by atoms with Crippen LogP contribution in [0.25, 0.3) is 0 Å². The highest BCUT2D eigenvalue weighted by atomic mass is 16.5. The third kappa shape index (κ3) is 13.1. The molecule has 0 bridgehead atoms. The van der Waals surface area contributed by atoms with Crippen LogP contribution in [-0.4, -0.2) is 18.4 Å². The van der Waals surface area contributed by atoms with Gasteiger partial charge in [0.1, 0.15) is 5.75 Å². The van der Waals surface area contributed by atoms with Crippen molar-refractivity contribution in [2.24, 2.45) is 0 Å². The van der Waals surface area contributed by atoms with E-state index in [9.17, 15) is 0 Å². The molecular weight excluding hydrogens is 514 g/mol. The minimum Gasteiger partial charge on any atom is -0.473 e. The number of rotatable bonds is 7. The first-order valence-corrected chi connectivity index (χ1v) is 15.8. The van der Waals surface area contributed by atoms with E-state index in [4.69, 9.17) is 9.84 Å². The van der Waals surface area contributed by atoms with Crippen LogP contribution < -0.4 is 9.64 Å².